The summed E-state index contributed by atoms with van der Waals surface area (Å²) in [6.45, 7) is 0. The predicted molar refractivity (Wildman–Crippen MR) is 45.4 cm³/mol. The van der Waals surface area contributed by atoms with Crippen molar-refractivity contribution in [2.75, 3.05) is 0 Å². The Morgan fingerprint density at radius 2 is 2.08 bits per heavy atom. The van der Waals surface area contributed by atoms with Gasteiger partial charge in [-0.15, -0.1) is 0 Å². The van der Waals surface area contributed by atoms with E-state index >= 15 is 0 Å². The Labute approximate surface area is 70.1 Å². The van der Waals surface area contributed by atoms with Gasteiger partial charge in [0, 0.05) is 0 Å². The van der Waals surface area contributed by atoms with Crippen molar-refractivity contribution in [3.05, 3.63) is 29.8 Å². The molecular formula is C9H7N2O. The van der Waals surface area contributed by atoms with Gasteiger partial charge in [-0.05, 0) is 11.6 Å². The number of aliphatic imine (C=N–C) groups is 1. The zero-order valence-electron chi connectivity index (χ0n) is 6.40. The highest BCUT2D eigenvalue weighted by Gasteiger charge is 2.09. The van der Waals surface area contributed by atoms with Crippen LogP contribution in [0.4, 0.5) is 5.69 Å². The van der Waals surface area contributed by atoms with Gasteiger partial charge in [0.1, 0.15) is 6.34 Å². The number of nitrogens with zero attached hydrogens (tertiary/aromatic N) is 2. The minimum Gasteiger partial charge on any atom is -0.272 e. The third kappa shape index (κ3) is 1.21. The van der Waals surface area contributed by atoms with Gasteiger partial charge in [-0.1, -0.05) is 18.2 Å². The molecule has 0 aliphatic carbocycles. The maximum atomic E-state index is 11.0. The van der Waals surface area contributed by atoms with E-state index in [4.69, 9.17) is 0 Å². The zero-order chi connectivity index (χ0) is 8.39. The first-order valence-corrected chi connectivity index (χ1v) is 3.70. The van der Waals surface area contributed by atoms with Gasteiger partial charge in [-0.25, -0.2) is 10.3 Å². The average Bonchev–Trinajstić information content (AvgIpc) is 2.25. The molecule has 3 nitrogen and oxygen atoms in total. The number of amides is 1. The minimum atomic E-state index is -0.135. The summed E-state index contributed by atoms with van der Waals surface area (Å²) >= 11 is 0. The van der Waals surface area contributed by atoms with Crippen molar-refractivity contribution >= 4 is 17.9 Å². The molecule has 1 aromatic rings. The lowest BCUT2D eigenvalue weighted by molar-refractivity contribution is -0.117. The Balaban J connectivity index is 2.44. The van der Waals surface area contributed by atoms with Crippen LogP contribution in [0.25, 0.3) is 0 Å². The zero-order valence-corrected chi connectivity index (χ0v) is 6.40. The first kappa shape index (κ1) is 7.03. The van der Waals surface area contributed by atoms with E-state index < -0.39 is 0 Å². The summed E-state index contributed by atoms with van der Waals surface area (Å²) in [5.74, 6) is -0.135. The van der Waals surface area contributed by atoms with Crippen LogP contribution in [-0.4, -0.2) is 12.2 Å². The van der Waals surface area contributed by atoms with Gasteiger partial charge >= 0.3 is 0 Å². The predicted octanol–water partition coefficient (Wildman–Crippen LogP) is 1.03. The normalized spacial score (nSPS) is 14.8. The average molecular weight is 159 g/mol. The van der Waals surface area contributed by atoms with E-state index in [9.17, 15) is 4.79 Å². The molecule has 1 amide bonds. The van der Waals surface area contributed by atoms with Crippen molar-refractivity contribution in [2.45, 2.75) is 6.42 Å². The van der Waals surface area contributed by atoms with Crippen LogP contribution in [0.2, 0.25) is 0 Å². The molecule has 0 saturated heterocycles. The Hall–Kier alpha value is -1.64. The summed E-state index contributed by atoms with van der Waals surface area (Å²) in [6.07, 6.45) is 1.67. The van der Waals surface area contributed by atoms with Crippen molar-refractivity contribution in [3.63, 3.8) is 0 Å². The molecule has 1 aliphatic rings. The maximum absolute atomic E-state index is 11.0. The standard InChI is InChI=1S/C9H7N2O/c12-9-5-7-3-1-2-4-8(7)10-6-11-9/h1-4,6H,5H2. The first-order valence-electron chi connectivity index (χ1n) is 3.70. The van der Waals surface area contributed by atoms with E-state index in [-0.39, 0.29) is 5.91 Å². The molecule has 0 bridgehead atoms. The largest absolute Gasteiger partial charge is 0.272 e. The van der Waals surface area contributed by atoms with Crippen molar-refractivity contribution < 1.29 is 4.79 Å². The number of fused-ring (bicyclic) bond motifs is 1. The second-order valence-corrected chi connectivity index (χ2v) is 2.57. The highest BCUT2D eigenvalue weighted by atomic mass is 16.1. The Morgan fingerprint density at radius 3 is 3.00 bits per heavy atom. The third-order valence-electron chi connectivity index (χ3n) is 1.73. The van der Waals surface area contributed by atoms with Crippen LogP contribution in [0.1, 0.15) is 5.56 Å². The number of benzene rings is 1. The number of rotatable bonds is 0. The summed E-state index contributed by atoms with van der Waals surface area (Å²) in [7, 11) is 0. The van der Waals surface area contributed by atoms with Gasteiger partial charge in [0.2, 0.25) is 0 Å². The molecular weight excluding hydrogens is 152 g/mol. The van der Waals surface area contributed by atoms with Gasteiger partial charge < -0.3 is 0 Å². The van der Waals surface area contributed by atoms with E-state index in [0.29, 0.717) is 6.42 Å². The topological polar surface area (TPSA) is 43.5 Å². The van der Waals surface area contributed by atoms with Gasteiger partial charge in [-0.3, -0.25) is 4.79 Å². The van der Waals surface area contributed by atoms with Crippen molar-refractivity contribution in [1.82, 2.24) is 5.32 Å². The van der Waals surface area contributed by atoms with E-state index in [0.717, 1.165) is 11.3 Å². The molecule has 59 valence electrons. The van der Waals surface area contributed by atoms with E-state index in [1.807, 2.05) is 24.3 Å². The molecule has 0 fully saturated rings. The number of hydrogen-bond donors (Lipinski definition) is 0. The molecule has 0 aromatic heterocycles. The highest BCUT2D eigenvalue weighted by Crippen LogP contribution is 2.16. The summed E-state index contributed by atoms with van der Waals surface area (Å²) in [5.41, 5.74) is 1.78. The first-order chi connectivity index (χ1) is 5.86. The quantitative estimate of drug-likeness (QED) is 0.557. The molecule has 2 rings (SSSR count). The molecule has 1 aromatic carbocycles. The molecule has 12 heavy (non-hydrogen) atoms. The second-order valence-electron chi connectivity index (χ2n) is 2.57. The molecule has 1 radical (unpaired) electrons. The number of para-hydroxylation sites is 1. The van der Waals surface area contributed by atoms with E-state index in [1.54, 1.807) is 0 Å². The molecule has 0 atom stereocenters. The number of carbonyl (C=O) groups is 1. The van der Waals surface area contributed by atoms with Crippen LogP contribution in [0, 0.1) is 0 Å². The van der Waals surface area contributed by atoms with Gasteiger partial charge in [-0.2, -0.15) is 0 Å². The lowest BCUT2D eigenvalue weighted by Gasteiger charge is -2.00. The molecule has 1 heterocycles. The molecule has 0 saturated carbocycles. The van der Waals surface area contributed by atoms with Crippen LogP contribution >= 0.6 is 0 Å². The van der Waals surface area contributed by atoms with Gasteiger partial charge in [0.05, 0.1) is 12.1 Å². The Kier molecular flexibility index (Phi) is 1.63. The van der Waals surface area contributed by atoms with Crippen LogP contribution in [0.3, 0.4) is 0 Å². The van der Waals surface area contributed by atoms with Gasteiger partial charge in [0.15, 0.2) is 0 Å². The lowest BCUT2D eigenvalue weighted by Crippen LogP contribution is -1.96. The fraction of sp³-hybridized carbons (Fsp3) is 0.111. The smallest absolute Gasteiger partial charge is 0.251 e. The Bertz CT molecular complexity index is 344. The number of carbonyl (C=O) groups excluding carboxylic acids is 1. The molecule has 0 spiro atoms. The van der Waals surface area contributed by atoms with Gasteiger partial charge in [0.25, 0.3) is 5.91 Å². The van der Waals surface area contributed by atoms with Crippen molar-refractivity contribution in [1.29, 1.82) is 0 Å². The number of hydrogen-bond acceptors (Lipinski definition) is 1. The highest BCUT2D eigenvalue weighted by molar-refractivity contribution is 5.90. The fourth-order valence-electron chi connectivity index (χ4n) is 1.15. The van der Waals surface area contributed by atoms with Crippen LogP contribution < -0.4 is 5.32 Å². The second kappa shape index (κ2) is 2.77. The summed E-state index contributed by atoms with van der Waals surface area (Å²) < 4.78 is 0. The SMILES string of the molecule is O=C1Cc2ccccc2[N]C=N1. The molecule has 0 unspecified atom stereocenters. The van der Waals surface area contributed by atoms with Crippen molar-refractivity contribution in [2.24, 2.45) is 4.99 Å². The van der Waals surface area contributed by atoms with E-state index in [1.165, 1.54) is 6.34 Å². The fourth-order valence-corrected chi connectivity index (χ4v) is 1.15. The summed E-state index contributed by atoms with van der Waals surface area (Å²) in [4.78, 5) is 14.6. The minimum absolute atomic E-state index is 0.135. The van der Waals surface area contributed by atoms with E-state index in [2.05, 4.69) is 10.3 Å². The van der Waals surface area contributed by atoms with Crippen LogP contribution in [0.15, 0.2) is 29.3 Å². The summed E-state index contributed by atoms with van der Waals surface area (Å²) in [6, 6.07) is 7.56. The molecule has 3 heteroatoms. The van der Waals surface area contributed by atoms with Crippen LogP contribution in [-0.2, 0) is 11.2 Å². The monoisotopic (exact) mass is 159 g/mol. The lowest BCUT2D eigenvalue weighted by atomic mass is 10.1. The van der Waals surface area contributed by atoms with Crippen molar-refractivity contribution in [3.8, 4) is 0 Å². The maximum Gasteiger partial charge on any atom is 0.251 e. The van der Waals surface area contributed by atoms with Crippen LogP contribution in [0.5, 0.6) is 0 Å². The molecule has 0 N–H and O–H groups in total. The third-order valence-corrected chi connectivity index (χ3v) is 1.73. The summed E-state index contributed by atoms with van der Waals surface area (Å²) in [5, 5.41) is 4.02. The Morgan fingerprint density at radius 1 is 1.25 bits per heavy atom. The molecule has 1 aliphatic heterocycles.